The van der Waals surface area contributed by atoms with Gasteiger partial charge in [0.25, 0.3) is 0 Å². The molecule has 25 heavy (non-hydrogen) atoms. The van der Waals surface area contributed by atoms with Crippen LogP contribution in [0.4, 0.5) is 20.2 Å². The van der Waals surface area contributed by atoms with Gasteiger partial charge in [0.1, 0.15) is 0 Å². The maximum atomic E-state index is 13.4. The Kier molecular flexibility index (Phi) is 5.85. The van der Waals surface area contributed by atoms with Gasteiger partial charge in [-0.2, -0.15) is 0 Å². The minimum absolute atomic E-state index is 0.0332. The van der Waals surface area contributed by atoms with E-state index in [1.54, 1.807) is 6.07 Å². The zero-order chi connectivity index (χ0) is 18.6. The predicted molar refractivity (Wildman–Crippen MR) is 93.5 cm³/mol. The fourth-order valence-corrected chi connectivity index (χ4v) is 2.38. The van der Waals surface area contributed by atoms with Crippen molar-refractivity contribution in [3.63, 3.8) is 0 Å². The van der Waals surface area contributed by atoms with E-state index in [-0.39, 0.29) is 30.5 Å². The van der Waals surface area contributed by atoms with Gasteiger partial charge in [-0.3, -0.25) is 9.59 Å². The highest BCUT2D eigenvalue weighted by atomic mass is 19.2. The molecule has 1 N–H and O–H groups in total. The summed E-state index contributed by atoms with van der Waals surface area (Å²) in [5.41, 5.74) is 3.07. The first kappa shape index (κ1) is 18.6. The summed E-state index contributed by atoms with van der Waals surface area (Å²) in [7, 11) is 0. The van der Waals surface area contributed by atoms with Crippen molar-refractivity contribution in [2.45, 2.75) is 27.2 Å². The highest BCUT2D eigenvalue weighted by Gasteiger charge is 2.15. The van der Waals surface area contributed by atoms with Crippen molar-refractivity contribution in [2.24, 2.45) is 0 Å². The Bertz CT molecular complexity index is 806. The number of amides is 2. The van der Waals surface area contributed by atoms with Crippen molar-refractivity contribution in [1.82, 2.24) is 0 Å². The zero-order valence-corrected chi connectivity index (χ0v) is 14.4. The molecule has 0 spiro atoms. The number of rotatable bonds is 5. The van der Waals surface area contributed by atoms with E-state index in [0.29, 0.717) is 5.69 Å². The molecule has 2 amide bonds. The summed E-state index contributed by atoms with van der Waals surface area (Å²) < 4.78 is 26.4. The van der Waals surface area contributed by atoms with Gasteiger partial charge in [0, 0.05) is 37.3 Å². The number of carbonyl (C=O) groups excluding carboxylic acids is 2. The van der Waals surface area contributed by atoms with E-state index in [0.717, 1.165) is 23.3 Å². The van der Waals surface area contributed by atoms with Crippen LogP contribution in [-0.4, -0.2) is 18.4 Å². The summed E-state index contributed by atoms with van der Waals surface area (Å²) >= 11 is 0. The number of hydrogen-bond donors (Lipinski definition) is 1. The first-order valence-corrected chi connectivity index (χ1v) is 7.88. The molecule has 0 bridgehead atoms. The smallest absolute Gasteiger partial charge is 0.226 e. The van der Waals surface area contributed by atoms with E-state index >= 15 is 0 Å². The van der Waals surface area contributed by atoms with Gasteiger partial charge in [0.2, 0.25) is 11.8 Å². The van der Waals surface area contributed by atoms with Crippen molar-refractivity contribution < 1.29 is 18.4 Å². The summed E-state index contributed by atoms with van der Waals surface area (Å²) in [6.45, 7) is 5.30. The molecule has 0 aromatic heterocycles. The molecule has 6 heteroatoms. The van der Waals surface area contributed by atoms with Crippen LogP contribution in [0, 0.1) is 25.5 Å². The lowest BCUT2D eigenvalue weighted by Crippen LogP contribution is -2.32. The third kappa shape index (κ3) is 4.86. The number of aryl methyl sites for hydroxylation is 2. The molecule has 0 aliphatic heterocycles. The molecule has 2 aromatic carbocycles. The third-order valence-electron chi connectivity index (χ3n) is 3.95. The molecule has 2 rings (SSSR count). The van der Waals surface area contributed by atoms with Gasteiger partial charge in [0.05, 0.1) is 0 Å². The fraction of sp³-hybridized carbons (Fsp3) is 0.263. The second-order valence-corrected chi connectivity index (χ2v) is 5.87. The van der Waals surface area contributed by atoms with E-state index in [9.17, 15) is 18.4 Å². The lowest BCUT2D eigenvalue weighted by molar-refractivity contribution is -0.117. The maximum Gasteiger partial charge on any atom is 0.226 e. The molecule has 132 valence electrons. The quantitative estimate of drug-likeness (QED) is 0.891. The third-order valence-corrected chi connectivity index (χ3v) is 3.95. The van der Waals surface area contributed by atoms with E-state index in [1.165, 1.54) is 17.9 Å². The molecule has 0 saturated heterocycles. The van der Waals surface area contributed by atoms with Crippen molar-refractivity contribution in [3.8, 4) is 0 Å². The molecule has 0 fully saturated rings. The summed E-state index contributed by atoms with van der Waals surface area (Å²) in [5.74, 6) is -2.65. The molecule has 0 atom stereocenters. The molecule has 0 unspecified atom stereocenters. The SMILES string of the molecule is CC(=O)N(CCC(=O)Nc1ccc(C)c(C)c1)c1ccc(F)c(F)c1. The van der Waals surface area contributed by atoms with Crippen LogP contribution in [-0.2, 0) is 9.59 Å². The topological polar surface area (TPSA) is 49.4 Å². The van der Waals surface area contributed by atoms with Crippen LogP contribution in [0.2, 0.25) is 0 Å². The number of halogens is 2. The van der Waals surface area contributed by atoms with E-state index in [2.05, 4.69) is 5.32 Å². The standard InChI is InChI=1S/C19H20F2N2O2/c1-12-4-5-15(10-13(12)2)22-19(25)8-9-23(14(3)24)16-6-7-17(20)18(21)11-16/h4-7,10-11H,8-9H2,1-3H3,(H,22,25). The van der Waals surface area contributed by atoms with Crippen molar-refractivity contribution in [1.29, 1.82) is 0 Å². The average molecular weight is 346 g/mol. The Morgan fingerprint density at radius 3 is 2.32 bits per heavy atom. The van der Waals surface area contributed by atoms with Crippen LogP contribution < -0.4 is 10.2 Å². The van der Waals surface area contributed by atoms with Gasteiger partial charge in [-0.15, -0.1) is 0 Å². The normalized spacial score (nSPS) is 10.4. The number of hydrogen-bond acceptors (Lipinski definition) is 2. The van der Waals surface area contributed by atoms with Crippen LogP contribution in [0.15, 0.2) is 36.4 Å². The molecule has 0 aliphatic rings. The van der Waals surface area contributed by atoms with Gasteiger partial charge in [-0.05, 0) is 49.2 Å². The average Bonchev–Trinajstić information content (AvgIpc) is 2.54. The molecule has 0 aliphatic carbocycles. The first-order valence-electron chi connectivity index (χ1n) is 7.88. The van der Waals surface area contributed by atoms with Gasteiger partial charge in [-0.1, -0.05) is 6.07 Å². The Balaban J connectivity index is 2.02. The Morgan fingerprint density at radius 2 is 1.72 bits per heavy atom. The highest BCUT2D eigenvalue weighted by molar-refractivity contribution is 5.94. The zero-order valence-electron chi connectivity index (χ0n) is 14.4. The van der Waals surface area contributed by atoms with Crippen LogP contribution in [0.3, 0.4) is 0 Å². The number of nitrogens with one attached hydrogen (secondary N) is 1. The maximum absolute atomic E-state index is 13.4. The molecule has 0 saturated carbocycles. The Hall–Kier alpha value is -2.76. The van der Waals surface area contributed by atoms with Crippen LogP contribution >= 0.6 is 0 Å². The second kappa shape index (κ2) is 7.88. The van der Waals surface area contributed by atoms with Crippen molar-refractivity contribution in [2.75, 3.05) is 16.8 Å². The van der Waals surface area contributed by atoms with Crippen LogP contribution in [0.25, 0.3) is 0 Å². The summed E-state index contributed by atoms with van der Waals surface area (Å²) in [5, 5.41) is 2.77. The number of carbonyl (C=O) groups is 2. The van der Waals surface area contributed by atoms with E-state index in [4.69, 9.17) is 0 Å². The lowest BCUT2D eigenvalue weighted by atomic mass is 10.1. The van der Waals surface area contributed by atoms with Crippen molar-refractivity contribution >= 4 is 23.2 Å². The van der Waals surface area contributed by atoms with Gasteiger partial charge < -0.3 is 10.2 Å². The van der Waals surface area contributed by atoms with Gasteiger partial charge in [-0.25, -0.2) is 8.78 Å². The molecule has 4 nitrogen and oxygen atoms in total. The first-order chi connectivity index (χ1) is 11.8. The number of benzene rings is 2. The minimum Gasteiger partial charge on any atom is -0.326 e. The summed E-state index contributed by atoms with van der Waals surface area (Å²) in [6.07, 6.45) is 0.0332. The van der Waals surface area contributed by atoms with E-state index in [1.807, 2.05) is 26.0 Å². The molecular formula is C19H20F2N2O2. The van der Waals surface area contributed by atoms with Crippen LogP contribution in [0.1, 0.15) is 24.5 Å². The highest BCUT2D eigenvalue weighted by Crippen LogP contribution is 2.19. The predicted octanol–water partition coefficient (Wildman–Crippen LogP) is 3.96. The van der Waals surface area contributed by atoms with Gasteiger partial charge >= 0.3 is 0 Å². The summed E-state index contributed by atoms with van der Waals surface area (Å²) in [6, 6.07) is 8.78. The molecule has 0 heterocycles. The number of nitrogens with zero attached hydrogens (tertiary/aromatic N) is 1. The number of anilines is 2. The van der Waals surface area contributed by atoms with E-state index < -0.39 is 11.6 Å². The van der Waals surface area contributed by atoms with Crippen molar-refractivity contribution in [3.05, 3.63) is 59.2 Å². The summed E-state index contributed by atoms with van der Waals surface area (Å²) in [4.78, 5) is 25.1. The minimum atomic E-state index is -1.04. The molecule has 2 aromatic rings. The fourth-order valence-electron chi connectivity index (χ4n) is 2.38. The largest absolute Gasteiger partial charge is 0.326 e. The second-order valence-electron chi connectivity index (χ2n) is 5.87. The monoisotopic (exact) mass is 346 g/mol. The lowest BCUT2D eigenvalue weighted by Gasteiger charge is -2.21. The molecular weight excluding hydrogens is 326 g/mol. The van der Waals surface area contributed by atoms with Gasteiger partial charge in [0.15, 0.2) is 11.6 Å². The molecule has 0 radical (unpaired) electrons. The Morgan fingerprint density at radius 1 is 1.00 bits per heavy atom. The Labute approximate surface area is 145 Å². The van der Waals surface area contributed by atoms with Crippen LogP contribution in [0.5, 0.6) is 0 Å².